The van der Waals surface area contributed by atoms with Gasteiger partial charge in [-0.2, -0.15) is 0 Å². The third-order valence-electron chi connectivity index (χ3n) is 8.64. The molecule has 0 bridgehead atoms. The predicted octanol–water partition coefficient (Wildman–Crippen LogP) is 0.617. The van der Waals surface area contributed by atoms with Crippen molar-refractivity contribution in [2.75, 3.05) is 21.2 Å². The van der Waals surface area contributed by atoms with Gasteiger partial charge in [-0.15, -0.1) is 0 Å². The van der Waals surface area contributed by atoms with Crippen LogP contribution in [0.5, 0.6) is 11.5 Å². The van der Waals surface area contributed by atoms with Crippen molar-refractivity contribution >= 4 is 29.5 Å². The summed E-state index contributed by atoms with van der Waals surface area (Å²) in [6.07, 6.45) is -0.760. The molecule has 2 unspecified atom stereocenters. The molecule has 40 heavy (non-hydrogen) atoms. The largest absolute Gasteiger partial charge is 0.507 e. The molecule has 1 amide bonds. The van der Waals surface area contributed by atoms with Crippen LogP contribution in [0.4, 0.5) is 0 Å². The number of phenols is 1. The Hall–Kier alpha value is -4.06. The van der Waals surface area contributed by atoms with E-state index < -0.39 is 58.7 Å². The fourth-order valence-corrected chi connectivity index (χ4v) is 6.87. The normalized spacial score (nSPS) is 29.5. The smallest absolute Gasteiger partial charge is 0.230 e. The number of ether oxygens (including phenoxy) is 1. The number of aromatic hydroxyl groups is 1. The Morgan fingerprint density at radius 2 is 1.88 bits per heavy atom. The highest BCUT2D eigenvalue weighted by atomic mass is 16.5. The second-order valence-corrected chi connectivity index (χ2v) is 10.9. The third kappa shape index (κ3) is 3.69. The zero-order valence-corrected chi connectivity index (χ0v) is 22.1. The fourth-order valence-electron chi connectivity index (χ4n) is 6.87. The first kappa shape index (κ1) is 27.5. The number of likely N-dealkylation sites (N-methyl/N-ethyl adjacent to an activating group) is 1. The molecule has 11 heteroatoms. The molecule has 0 aliphatic heterocycles. The standard InChI is InChI=1S/C29H30N2O9/c1-31(2)23-17-10-13-9-16-15(12-4-7-19(40-3)14(8-12)11-32)5-6-18(33)21(16)24(34)20(13)26(36)29(17,39)27(37)22(25(23)35)28(30)38/h4-8,11,13,17,22-23,25,33-35,39H,9-10H2,1-3H3,(H2,30,38)/t13-,17-,22?,23-,25?,29-/m0/s1. The second-order valence-electron chi connectivity index (χ2n) is 10.9. The van der Waals surface area contributed by atoms with Crippen molar-refractivity contribution in [3.05, 3.63) is 52.6 Å². The Morgan fingerprint density at radius 3 is 2.48 bits per heavy atom. The van der Waals surface area contributed by atoms with Gasteiger partial charge in [0, 0.05) is 17.5 Å². The number of carbonyl (C=O) groups is 4. The lowest BCUT2D eigenvalue weighted by molar-refractivity contribution is -0.184. The van der Waals surface area contributed by atoms with Gasteiger partial charge >= 0.3 is 0 Å². The van der Waals surface area contributed by atoms with Gasteiger partial charge in [-0.1, -0.05) is 12.1 Å². The average Bonchev–Trinajstić information content (AvgIpc) is 2.90. The molecule has 3 aliphatic carbocycles. The molecule has 5 rings (SSSR count). The van der Waals surface area contributed by atoms with Gasteiger partial charge in [-0.3, -0.25) is 19.2 Å². The SMILES string of the molecule is COc1ccc(-c2ccc(O)c3c2C[C@H]2C[C@H]4[C@H](N(C)C)C(O)C(C(N)=O)C(=O)[C@@]4(O)C(=O)C2=C3O)cc1C=O. The molecule has 0 heterocycles. The predicted molar refractivity (Wildman–Crippen MR) is 141 cm³/mol. The monoisotopic (exact) mass is 550 g/mol. The van der Waals surface area contributed by atoms with Crippen LogP contribution in [0.15, 0.2) is 35.9 Å². The molecule has 6 N–H and O–H groups in total. The van der Waals surface area contributed by atoms with Gasteiger partial charge < -0.3 is 35.8 Å². The van der Waals surface area contributed by atoms with E-state index >= 15 is 0 Å². The molecular formula is C29H30N2O9. The zero-order chi connectivity index (χ0) is 29.3. The van der Waals surface area contributed by atoms with Gasteiger partial charge in [0.15, 0.2) is 17.7 Å². The molecule has 0 spiro atoms. The fraction of sp³-hybridized carbons (Fsp3) is 0.379. The summed E-state index contributed by atoms with van der Waals surface area (Å²) in [5.74, 6) is -7.61. The summed E-state index contributed by atoms with van der Waals surface area (Å²) >= 11 is 0. The first-order valence-corrected chi connectivity index (χ1v) is 12.8. The maximum absolute atomic E-state index is 13.9. The maximum atomic E-state index is 13.9. The summed E-state index contributed by atoms with van der Waals surface area (Å²) in [6, 6.07) is 6.96. The molecule has 2 fully saturated rings. The Kier molecular flexibility index (Phi) is 6.56. The molecule has 3 aliphatic rings. The minimum atomic E-state index is -2.72. The number of amides is 1. The van der Waals surface area contributed by atoms with Gasteiger partial charge in [0.1, 0.15) is 23.2 Å². The molecule has 2 aromatic rings. The summed E-state index contributed by atoms with van der Waals surface area (Å²) in [7, 11) is 4.63. The number of aldehydes is 1. The van der Waals surface area contributed by atoms with Crippen molar-refractivity contribution < 1.29 is 44.3 Å². The van der Waals surface area contributed by atoms with Crippen molar-refractivity contribution in [2.24, 2.45) is 23.5 Å². The zero-order valence-electron chi connectivity index (χ0n) is 22.1. The van der Waals surface area contributed by atoms with Crippen molar-refractivity contribution in [1.82, 2.24) is 4.90 Å². The third-order valence-corrected chi connectivity index (χ3v) is 8.64. The number of Topliss-reactive ketones (excluding diaryl/α,β-unsaturated/α-hetero) is 2. The number of nitrogens with two attached hydrogens (primary N) is 1. The number of hydrogen-bond acceptors (Lipinski definition) is 10. The lowest BCUT2D eigenvalue weighted by atomic mass is 9.54. The number of rotatable bonds is 5. The summed E-state index contributed by atoms with van der Waals surface area (Å²) < 4.78 is 5.23. The van der Waals surface area contributed by atoms with E-state index in [1.165, 1.54) is 18.1 Å². The van der Waals surface area contributed by atoms with Gasteiger partial charge in [-0.25, -0.2) is 0 Å². The quantitative estimate of drug-likeness (QED) is 0.261. The van der Waals surface area contributed by atoms with E-state index in [2.05, 4.69) is 0 Å². The highest BCUT2D eigenvalue weighted by molar-refractivity contribution is 6.25. The van der Waals surface area contributed by atoms with Crippen LogP contribution in [0.1, 0.15) is 27.9 Å². The number of aliphatic hydroxyl groups is 3. The van der Waals surface area contributed by atoms with Crippen LogP contribution < -0.4 is 10.5 Å². The summed E-state index contributed by atoms with van der Waals surface area (Å²) in [5.41, 5.74) is 4.43. The molecule has 2 aromatic carbocycles. The van der Waals surface area contributed by atoms with E-state index in [0.29, 0.717) is 34.3 Å². The number of benzene rings is 2. The first-order chi connectivity index (χ1) is 18.9. The van der Waals surface area contributed by atoms with Crippen molar-refractivity contribution in [2.45, 2.75) is 30.6 Å². The van der Waals surface area contributed by atoms with Gasteiger partial charge in [0.2, 0.25) is 11.7 Å². The Bertz CT molecular complexity index is 1500. The van der Waals surface area contributed by atoms with E-state index in [1.807, 2.05) is 0 Å². The van der Waals surface area contributed by atoms with Gasteiger partial charge in [0.25, 0.3) is 0 Å². The van der Waals surface area contributed by atoms with E-state index in [4.69, 9.17) is 10.5 Å². The van der Waals surface area contributed by atoms with Crippen LogP contribution in [-0.4, -0.2) is 88.0 Å². The summed E-state index contributed by atoms with van der Waals surface area (Å²) in [6.45, 7) is 0. The average molecular weight is 551 g/mol. The topological polar surface area (TPSA) is 188 Å². The lowest BCUT2D eigenvalue weighted by Gasteiger charge is -2.53. The Morgan fingerprint density at radius 1 is 1.18 bits per heavy atom. The van der Waals surface area contributed by atoms with Crippen LogP contribution in [0, 0.1) is 17.8 Å². The molecule has 11 nitrogen and oxygen atoms in total. The van der Waals surface area contributed by atoms with Crippen LogP contribution in [0.25, 0.3) is 16.9 Å². The van der Waals surface area contributed by atoms with Crippen LogP contribution in [0.2, 0.25) is 0 Å². The Labute approximate surface area is 229 Å². The molecule has 2 saturated carbocycles. The van der Waals surface area contributed by atoms with E-state index in [9.17, 15) is 39.6 Å². The molecule has 0 aromatic heterocycles. The number of nitrogens with zero attached hydrogens (tertiary/aromatic N) is 1. The van der Waals surface area contributed by atoms with Crippen LogP contribution in [0.3, 0.4) is 0 Å². The van der Waals surface area contributed by atoms with Crippen LogP contribution >= 0.6 is 0 Å². The molecule has 0 saturated heterocycles. The number of fused-ring (bicyclic) bond motifs is 3. The van der Waals surface area contributed by atoms with Crippen molar-refractivity contribution in [3.8, 4) is 22.6 Å². The number of primary amides is 1. The highest BCUT2D eigenvalue weighted by Crippen LogP contribution is 2.53. The number of carbonyl (C=O) groups excluding carboxylic acids is 4. The lowest BCUT2D eigenvalue weighted by Crippen LogP contribution is -2.73. The van der Waals surface area contributed by atoms with E-state index in [-0.39, 0.29) is 29.7 Å². The summed E-state index contributed by atoms with van der Waals surface area (Å²) in [5, 5.41) is 44.9. The second kappa shape index (κ2) is 9.54. The summed E-state index contributed by atoms with van der Waals surface area (Å²) in [4.78, 5) is 52.7. The minimum absolute atomic E-state index is 0.00942. The number of phenolic OH excluding ortho intramolecular Hbond substituents is 1. The van der Waals surface area contributed by atoms with Gasteiger partial charge in [-0.05, 0) is 67.7 Å². The number of hydrogen-bond donors (Lipinski definition) is 5. The van der Waals surface area contributed by atoms with E-state index in [0.717, 1.165) is 0 Å². The minimum Gasteiger partial charge on any atom is -0.507 e. The number of ketones is 2. The van der Waals surface area contributed by atoms with E-state index in [1.54, 1.807) is 38.4 Å². The molecular weight excluding hydrogens is 520 g/mol. The van der Waals surface area contributed by atoms with Crippen molar-refractivity contribution in [1.29, 1.82) is 0 Å². The van der Waals surface area contributed by atoms with Crippen molar-refractivity contribution in [3.63, 3.8) is 0 Å². The Balaban J connectivity index is 1.70. The molecule has 6 atom stereocenters. The number of aliphatic hydroxyl groups excluding tert-OH is 2. The molecule has 0 radical (unpaired) electrons. The first-order valence-electron chi connectivity index (χ1n) is 12.8. The van der Waals surface area contributed by atoms with Crippen LogP contribution in [-0.2, 0) is 20.8 Å². The highest BCUT2D eigenvalue weighted by Gasteiger charge is 2.67. The molecule has 210 valence electrons. The number of methoxy groups -OCH3 is 1. The van der Waals surface area contributed by atoms with Gasteiger partial charge in [0.05, 0.1) is 24.3 Å². The maximum Gasteiger partial charge on any atom is 0.230 e.